The van der Waals surface area contributed by atoms with Gasteiger partial charge in [-0.15, -0.1) is 0 Å². The molecule has 8 heteroatoms. The zero-order valence-electron chi connectivity index (χ0n) is 17.7. The summed E-state index contributed by atoms with van der Waals surface area (Å²) in [4.78, 5) is 27.1. The molecule has 2 fully saturated rings. The summed E-state index contributed by atoms with van der Waals surface area (Å²) in [5.41, 5.74) is 1.00. The Labute approximate surface area is 185 Å². The van der Waals surface area contributed by atoms with Crippen molar-refractivity contribution < 1.29 is 23.5 Å². The van der Waals surface area contributed by atoms with Crippen LogP contribution in [0.2, 0.25) is 0 Å². The van der Waals surface area contributed by atoms with E-state index in [1.807, 2.05) is 11.0 Å². The number of hydrogen-bond donors (Lipinski definition) is 2. The second-order valence-electron chi connectivity index (χ2n) is 8.74. The van der Waals surface area contributed by atoms with Gasteiger partial charge in [0.2, 0.25) is 11.8 Å². The van der Waals surface area contributed by atoms with Crippen molar-refractivity contribution in [2.45, 2.75) is 30.7 Å². The summed E-state index contributed by atoms with van der Waals surface area (Å²) in [5.74, 6) is 0.769. The molecule has 3 aliphatic rings. The average molecular weight is 439 g/mol. The highest BCUT2D eigenvalue weighted by atomic mass is 19.1. The molecule has 0 radical (unpaired) electrons. The van der Waals surface area contributed by atoms with Crippen molar-refractivity contribution in [3.05, 3.63) is 53.8 Å². The Hall–Kier alpha value is -3.13. The molecule has 1 spiro atoms. The molecule has 0 bridgehead atoms. The van der Waals surface area contributed by atoms with Crippen LogP contribution in [0.25, 0.3) is 0 Å². The monoisotopic (exact) mass is 439 g/mol. The zero-order valence-corrected chi connectivity index (χ0v) is 17.7. The third-order valence-corrected chi connectivity index (χ3v) is 6.47. The molecule has 0 aliphatic carbocycles. The highest BCUT2D eigenvalue weighted by Crippen LogP contribution is 2.41. The Kier molecular flexibility index (Phi) is 5.46. The number of fused-ring (bicyclic) bond motifs is 1. The lowest BCUT2D eigenvalue weighted by atomic mass is 9.76. The predicted molar refractivity (Wildman–Crippen MR) is 116 cm³/mol. The number of nitrogens with zero attached hydrogens (tertiary/aromatic N) is 1. The Morgan fingerprint density at radius 1 is 1.19 bits per heavy atom. The number of ether oxygens (including phenoxy) is 2. The van der Waals surface area contributed by atoms with E-state index in [0.717, 1.165) is 18.4 Å². The number of carbonyl (C=O) groups excluding carboxylic acids is 2. The minimum Gasteiger partial charge on any atom is -0.486 e. The number of piperidine rings is 1. The van der Waals surface area contributed by atoms with Gasteiger partial charge in [0.15, 0.2) is 11.5 Å². The molecule has 2 atom stereocenters. The number of likely N-dealkylation sites (tertiary alicyclic amines) is 1. The van der Waals surface area contributed by atoms with Gasteiger partial charge in [0.05, 0.1) is 12.1 Å². The van der Waals surface area contributed by atoms with Crippen LogP contribution in [0.5, 0.6) is 11.5 Å². The quantitative estimate of drug-likeness (QED) is 0.766. The third kappa shape index (κ3) is 4.14. The second kappa shape index (κ2) is 8.43. The van der Waals surface area contributed by atoms with Gasteiger partial charge in [-0.3, -0.25) is 14.5 Å². The average Bonchev–Trinajstić information content (AvgIpc) is 3.10. The number of carbonyl (C=O) groups is 2. The second-order valence-corrected chi connectivity index (χ2v) is 8.74. The number of hydrogen-bond acceptors (Lipinski definition) is 5. The van der Waals surface area contributed by atoms with Crippen molar-refractivity contribution in [3.8, 4) is 11.5 Å². The number of amides is 2. The van der Waals surface area contributed by atoms with Crippen LogP contribution in [-0.2, 0) is 9.59 Å². The van der Waals surface area contributed by atoms with Crippen molar-refractivity contribution in [3.63, 3.8) is 0 Å². The first-order valence-electron chi connectivity index (χ1n) is 11.0. The first-order chi connectivity index (χ1) is 15.5. The number of anilines is 1. The summed E-state index contributed by atoms with van der Waals surface area (Å²) in [6, 6.07) is 11.9. The molecule has 0 unspecified atom stereocenters. The first-order valence-corrected chi connectivity index (χ1v) is 11.0. The molecule has 168 valence electrons. The summed E-state index contributed by atoms with van der Waals surface area (Å²) in [7, 11) is 0. The molecule has 0 saturated carbocycles. The maximum atomic E-state index is 13.9. The van der Waals surface area contributed by atoms with E-state index in [2.05, 4.69) is 10.6 Å². The van der Waals surface area contributed by atoms with E-state index in [0.29, 0.717) is 49.9 Å². The molecule has 7 nitrogen and oxygen atoms in total. The van der Waals surface area contributed by atoms with Gasteiger partial charge in [-0.05, 0) is 42.7 Å². The molecule has 32 heavy (non-hydrogen) atoms. The van der Waals surface area contributed by atoms with E-state index >= 15 is 0 Å². The molecule has 5 rings (SSSR count). The Morgan fingerprint density at radius 3 is 2.84 bits per heavy atom. The molecule has 0 aromatic heterocycles. The van der Waals surface area contributed by atoms with Crippen LogP contribution in [0.15, 0.2) is 42.5 Å². The summed E-state index contributed by atoms with van der Waals surface area (Å²) in [6.45, 7) is 2.29. The maximum absolute atomic E-state index is 13.9. The van der Waals surface area contributed by atoms with Crippen LogP contribution >= 0.6 is 0 Å². The van der Waals surface area contributed by atoms with Crippen molar-refractivity contribution in [1.82, 2.24) is 10.2 Å². The molecule has 2 N–H and O–H groups in total. The Morgan fingerprint density at radius 2 is 2.03 bits per heavy atom. The van der Waals surface area contributed by atoms with Crippen molar-refractivity contribution in [2.24, 2.45) is 0 Å². The van der Waals surface area contributed by atoms with Crippen molar-refractivity contribution in [2.75, 3.05) is 38.2 Å². The van der Waals surface area contributed by atoms with Crippen LogP contribution in [-0.4, -0.2) is 55.1 Å². The van der Waals surface area contributed by atoms with Crippen molar-refractivity contribution in [1.29, 1.82) is 0 Å². The van der Waals surface area contributed by atoms with E-state index in [4.69, 9.17) is 9.47 Å². The molecule has 3 aliphatic heterocycles. The summed E-state index contributed by atoms with van der Waals surface area (Å²) in [6.07, 6.45) is 2.09. The minimum absolute atomic E-state index is 0.0141. The number of halogens is 1. The summed E-state index contributed by atoms with van der Waals surface area (Å²) >= 11 is 0. The minimum atomic E-state index is -0.486. The van der Waals surface area contributed by atoms with Crippen LogP contribution < -0.4 is 20.1 Å². The fourth-order valence-electron chi connectivity index (χ4n) is 5.15. The highest BCUT2D eigenvalue weighted by Gasteiger charge is 2.49. The van der Waals surface area contributed by atoms with E-state index in [-0.39, 0.29) is 30.1 Å². The number of benzene rings is 2. The molecule has 2 amide bonds. The Bertz CT molecular complexity index is 1050. The van der Waals surface area contributed by atoms with Crippen LogP contribution in [0.1, 0.15) is 30.7 Å². The van der Waals surface area contributed by atoms with Crippen molar-refractivity contribution >= 4 is 17.5 Å². The highest BCUT2D eigenvalue weighted by molar-refractivity contribution is 5.92. The smallest absolute Gasteiger partial charge is 0.238 e. The standard InChI is InChI=1S/C24H26FN3O4/c25-17-4-1-3-16(11-17)19-13-28(15-24(19)8-2-5-22(29)27-24)14-23(30)26-18-6-7-20-21(12-18)32-10-9-31-20/h1,3-4,6-7,11-12,19H,2,5,8-10,13-15H2,(H,26,30)(H,27,29)/t19-,24+/m0/s1. The van der Waals surface area contributed by atoms with E-state index in [9.17, 15) is 14.0 Å². The van der Waals surface area contributed by atoms with Crippen LogP contribution in [0, 0.1) is 5.82 Å². The van der Waals surface area contributed by atoms with Gasteiger partial charge in [0, 0.05) is 37.2 Å². The van der Waals surface area contributed by atoms with Gasteiger partial charge in [-0.25, -0.2) is 4.39 Å². The van der Waals surface area contributed by atoms with E-state index in [1.165, 1.54) is 12.1 Å². The molecule has 2 aromatic rings. The summed E-state index contributed by atoms with van der Waals surface area (Å²) < 4.78 is 25.0. The van der Waals surface area contributed by atoms with Gasteiger partial charge in [0.25, 0.3) is 0 Å². The largest absolute Gasteiger partial charge is 0.486 e. The number of nitrogens with one attached hydrogen (secondary N) is 2. The number of rotatable bonds is 4. The third-order valence-electron chi connectivity index (χ3n) is 6.47. The zero-order chi connectivity index (χ0) is 22.1. The van der Waals surface area contributed by atoms with E-state index < -0.39 is 5.54 Å². The molecule has 2 saturated heterocycles. The Balaban J connectivity index is 1.31. The van der Waals surface area contributed by atoms with Crippen LogP contribution in [0.4, 0.5) is 10.1 Å². The van der Waals surface area contributed by atoms with Gasteiger partial charge in [-0.1, -0.05) is 12.1 Å². The van der Waals surface area contributed by atoms with Gasteiger partial charge in [-0.2, -0.15) is 0 Å². The van der Waals surface area contributed by atoms with Gasteiger partial charge < -0.3 is 20.1 Å². The first kappa shape index (κ1) is 20.8. The molecular weight excluding hydrogens is 413 g/mol. The fraction of sp³-hybridized carbons (Fsp3) is 0.417. The lowest BCUT2D eigenvalue weighted by Crippen LogP contribution is -2.56. The molecule has 2 aromatic carbocycles. The topological polar surface area (TPSA) is 79.9 Å². The molecular formula is C24H26FN3O4. The lowest BCUT2D eigenvalue weighted by molar-refractivity contribution is -0.125. The predicted octanol–water partition coefficient (Wildman–Crippen LogP) is 2.67. The van der Waals surface area contributed by atoms with Crippen LogP contribution in [0.3, 0.4) is 0 Å². The fourth-order valence-corrected chi connectivity index (χ4v) is 5.15. The van der Waals surface area contributed by atoms with E-state index in [1.54, 1.807) is 24.3 Å². The normalized spacial score (nSPS) is 24.9. The maximum Gasteiger partial charge on any atom is 0.238 e. The van der Waals surface area contributed by atoms with Gasteiger partial charge >= 0.3 is 0 Å². The SMILES string of the molecule is O=C(CN1C[C@@H](c2cccc(F)c2)[C@@]2(CCCC(=O)N2)C1)Nc1ccc2c(c1)OCCO2. The lowest BCUT2D eigenvalue weighted by Gasteiger charge is -2.39. The summed E-state index contributed by atoms with van der Waals surface area (Å²) in [5, 5.41) is 6.10. The van der Waals surface area contributed by atoms with Gasteiger partial charge in [0.1, 0.15) is 19.0 Å². The molecule has 3 heterocycles.